The molecule has 0 radical (unpaired) electrons. The predicted molar refractivity (Wildman–Crippen MR) is 78.2 cm³/mol. The highest BCUT2D eigenvalue weighted by Gasteiger charge is 2.14. The largest absolute Gasteiger partial charge is 0.324 e. The lowest BCUT2D eigenvalue weighted by atomic mass is 9.96. The first-order valence-electron chi connectivity index (χ1n) is 5.93. The van der Waals surface area contributed by atoms with E-state index in [0.29, 0.717) is 16.5 Å². The summed E-state index contributed by atoms with van der Waals surface area (Å²) in [6, 6.07) is 9.75. The normalized spacial score (nSPS) is 12.5. The van der Waals surface area contributed by atoms with E-state index in [4.69, 9.17) is 28.9 Å². The molecule has 0 fully saturated rings. The Kier molecular flexibility index (Phi) is 4.46. The lowest BCUT2D eigenvalue weighted by Gasteiger charge is -2.16. The van der Waals surface area contributed by atoms with Crippen LogP contribution in [0, 0.1) is 12.7 Å². The number of halogens is 3. The average molecular weight is 298 g/mol. The number of benzene rings is 2. The van der Waals surface area contributed by atoms with Crippen LogP contribution >= 0.6 is 23.2 Å². The van der Waals surface area contributed by atoms with E-state index in [0.717, 1.165) is 16.7 Å². The number of hydrogen-bond donors (Lipinski definition) is 1. The van der Waals surface area contributed by atoms with Crippen LogP contribution in [0.5, 0.6) is 0 Å². The Morgan fingerprint density at radius 1 is 1.21 bits per heavy atom. The molecular weight excluding hydrogens is 284 g/mol. The molecule has 0 aliphatic rings. The lowest BCUT2D eigenvalue weighted by Crippen LogP contribution is -2.14. The van der Waals surface area contributed by atoms with E-state index >= 15 is 0 Å². The van der Waals surface area contributed by atoms with Gasteiger partial charge < -0.3 is 5.73 Å². The second-order valence-electron chi connectivity index (χ2n) is 4.52. The molecule has 0 saturated heterocycles. The van der Waals surface area contributed by atoms with E-state index in [2.05, 4.69) is 0 Å². The first kappa shape index (κ1) is 14.3. The van der Waals surface area contributed by atoms with E-state index < -0.39 is 0 Å². The van der Waals surface area contributed by atoms with Gasteiger partial charge in [0.1, 0.15) is 5.82 Å². The molecule has 2 N–H and O–H groups in total. The van der Waals surface area contributed by atoms with E-state index in [-0.39, 0.29) is 11.9 Å². The summed E-state index contributed by atoms with van der Waals surface area (Å²) in [5.74, 6) is -0.259. The average Bonchev–Trinajstić information content (AvgIpc) is 2.37. The zero-order valence-electron chi connectivity index (χ0n) is 10.5. The van der Waals surface area contributed by atoms with Gasteiger partial charge in [-0.2, -0.15) is 0 Å². The molecule has 19 heavy (non-hydrogen) atoms. The zero-order chi connectivity index (χ0) is 14.0. The standard InChI is InChI=1S/C15H14Cl2FN/c1-9-5-6-11(18)7-10(9)8-14(19)12-3-2-4-13(16)15(12)17/h2-7,14H,8,19H2,1H3. The van der Waals surface area contributed by atoms with Crippen LogP contribution < -0.4 is 5.73 Å². The van der Waals surface area contributed by atoms with Crippen molar-refractivity contribution >= 4 is 23.2 Å². The maximum absolute atomic E-state index is 13.3. The fraction of sp³-hybridized carbons (Fsp3) is 0.200. The summed E-state index contributed by atoms with van der Waals surface area (Å²) in [5, 5.41) is 0.941. The number of hydrogen-bond acceptors (Lipinski definition) is 1. The Morgan fingerprint density at radius 2 is 1.95 bits per heavy atom. The molecule has 1 nitrogen and oxygen atoms in total. The molecule has 100 valence electrons. The Labute approximate surface area is 122 Å². The molecule has 0 saturated carbocycles. The topological polar surface area (TPSA) is 26.0 Å². The summed E-state index contributed by atoms with van der Waals surface area (Å²) in [6.07, 6.45) is 0.518. The fourth-order valence-corrected chi connectivity index (χ4v) is 2.46. The molecule has 2 aromatic rings. The Balaban J connectivity index is 2.28. The molecule has 0 aromatic heterocycles. The van der Waals surface area contributed by atoms with Gasteiger partial charge in [0.2, 0.25) is 0 Å². The Bertz CT molecular complexity index is 599. The van der Waals surface area contributed by atoms with Gasteiger partial charge in [-0.1, -0.05) is 41.4 Å². The van der Waals surface area contributed by atoms with Crippen LogP contribution in [0.2, 0.25) is 10.0 Å². The van der Waals surface area contributed by atoms with E-state index in [1.807, 2.05) is 19.1 Å². The van der Waals surface area contributed by atoms with Crippen LogP contribution in [0.15, 0.2) is 36.4 Å². The fourth-order valence-electron chi connectivity index (χ4n) is 2.01. The molecule has 0 heterocycles. The van der Waals surface area contributed by atoms with Gasteiger partial charge in [-0.3, -0.25) is 0 Å². The molecule has 0 amide bonds. The molecule has 2 rings (SSSR count). The van der Waals surface area contributed by atoms with Crippen molar-refractivity contribution in [3.8, 4) is 0 Å². The van der Waals surface area contributed by atoms with E-state index in [1.54, 1.807) is 12.1 Å². The third kappa shape index (κ3) is 3.27. The van der Waals surface area contributed by atoms with Gasteiger partial charge in [0, 0.05) is 6.04 Å². The predicted octanol–water partition coefficient (Wildman–Crippen LogP) is 4.68. The number of rotatable bonds is 3. The quantitative estimate of drug-likeness (QED) is 0.874. The van der Waals surface area contributed by atoms with Gasteiger partial charge in [-0.05, 0) is 48.2 Å². The maximum Gasteiger partial charge on any atom is 0.123 e. The molecule has 0 spiro atoms. The summed E-state index contributed by atoms with van der Waals surface area (Å²) >= 11 is 12.1. The third-order valence-electron chi connectivity index (χ3n) is 3.13. The van der Waals surface area contributed by atoms with Gasteiger partial charge >= 0.3 is 0 Å². The molecule has 1 atom stereocenters. The second-order valence-corrected chi connectivity index (χ2v) is 5.31. The van der Waals surface area contributed by atoms with Gasteiger partial charge in [0.05, 0.1) is 10.0 Å². The van der Waals surface area contributed by atoms with Crippen molar-refractivity contribution in [3.63, 3.8) is 0 Å². The Hall–Kier alpha value is -1.09. The SMILES string of the molecule is Cc1ccc(F)cc1CC(N)c1cccc(Cl)c1Cl. The minimum absolute atomic E-state index is 0.259. The van der Waals surface area contributed by atoms with Crippen LogP contribution in [-0.4, -0.2) is 0 Å². The summed E-state index contributed by atoms with van der Waals surface area (Å²) in [4.78, 5) is 0. The molecule has 2 aromatic carbocycles. The highest BCUT2D eigenvalue weighted by atomic mass is 35.5. The van der Waals surface area contributed by atoms with Crippen molar-refractivity contribution in [1.82, 2.24) is 0 Å². The molecule has 0 aliphatic heterocycles. The second kappa shape index (κ2) is 5.91. The molecule has 0 aliphatic carbocycles. The molecule has 0 bridgehead atoms. The van der Waals surface area contributed by atoms with Crippen LogP contribution in [0.1, 0.15) is 22.7 Å². The summed E-state index contributed by atoms with van der Waals surface area (Å²) in [7, 11) is 0. The first-order valence-corrected chi connectivity index (χ1v) is 6.69. The number of nitrogens with two attached hydrogens (primary N) is 1. The van der Waals surface area contributed by atoms with Crippen molar-refractivity contribution in [2.75, 3.05) is 0 Å². The van der Waals surface area contributed by atoms with Crippen molar-refractivity contribution in [2.45, 2.75) is 19.4 Å². The smallest absolute Gasteiger partial charge is 0.123 e. The highest BCUT2D eigenvalue weighted by Crippen LogP contribution is 2.30. The minimum atomic E-state index is -0.313. The monoisotopic (exact) mass is 297 g/mol. The zero-order valence-corrected chi connectivity index (χ0v) is 12.0. The van der Waals surface area contributed by atoms with Crippen molar-refractivity contribution in [2.24, 2.45) is 5.73 Å². The van der Waals surface area contributed by atoms with Crippen molar-refractivity contribution in [1.29, 1.82) is 0 Å². The van der Waals surface area contributed by atoms with E-state index in [1.165, 1.54) is 12.1 Å². The summed E-state index contributed by atoms with van der Waals surface area (Å²) in [5.41, 5.74) is 8.81. The van der Waals surface area contributed by atoms with Gasteiger partial charge in [-0.15, -0.1) is 0 Å². The van der Waals surface area contributed by atoms with Crippen LogP contribution in [0.3, 0.4) is 0 Å². The maximum atomic E-state index is 13.3. The highest BCUT2D eigenvalue weighted by molar-refractivity contribution is 6.42. The van der Waals surface area contributed by atoms with Crippen molar-refractivity contribution < 1.29 is 4.39 Å². The van der Waals surface area contributed by atoms with Crippen LogP contribution in [0.25, 0.3) is 0 Å². The summed E-state index contributed by atoms with van der Waals surface area (Å²) in [6.45, 7) is 1.93. The molecule has 4 heteroatoms. The van der Waals surface area contributed by atoms with E-state index in [9.17, 15) is 4.39 Å². The lowest BCUT2D eigenvalue weighted by molar-refractivity contribution is 0.621. The van der Waals surface area contributed by atoms with Gasteiger partial charge in [0.25, 0.3) is 0 Å². The first-order chi connectivity index (χ1) is 8.99. The Morgan fingerprint density at radius 3 is 2.68 bits per heavy atom. The van der Waals surface area contributed by atoms with Crippen molar-refractivity contribution in [3.05, 3.63) is 69.0 Å². The molecule has 1 unspecified atom stereocenters. The van der Waals surface area contributed by atoms with Gasteiger partial charge in [-0.25, -0.2) is 4.39 Å². The van der Waals surface area contributed by atoms with Crippen LogP contribution in [0.4, 0.5) is 4.39 Å². The van der Waals surface area contributed by atoms with Crippen LogP contribution in [-0.2, 0) is 6.42 Å². The molecular formula is C15H14Cl2FN. The third-order valence-corrected chi connectivity index (χ3v) is 3.97. The number of aryl methyl sites for hydroxylation is 1. The summed E-state index contributed by atoms with van der Waals surface area (Å²) < 4.78 is 13.3. The van der Waals surface area contributed by atoms with Gasteiger partial charge in [0.15, 0.2) is 0 Å². The minimum Gasteiger partial charge on any atom is -0.324 e.